The maximum atomic E-state index is 12.2. The van der Waals surface area contributed by atoms with Gasteiger partial charge in [0.2, 0.25) is 11.8 Å². The Labute approximate surface area is 117 Å². The minimum atomic E-state index is -0.781. The van der Waals surface area contributed by atoms with E-state index in [4.69, 9.17) is 5.11 Å². The second-order valence-corrected chi connectivity index (χ2v) is 7.39. The first-order valence-electron chi connectivity index (χ1n) is 7.00. The fraction of sp³-hybridized carbons (Fsp3) is 0.786. The highest BCUT2D eigenvalue weighted by Crippen LogP contribution is 2.73. The van der Waals surface area contributed by atoms with Crippen molar-refractivity contribution < 1.29 is 19.5 Å². The standard InChI is InChI=1S/C14H20N2O4/c1-12(2)3-9(17)16-8(12)4-15-10(18)13-5-14(6-13,7-13)11(19)20/h8H,3-7H2,1-2H3,(H,15,18)(H,16,17)(H,19,20). The van der Waals surface area contributed by atoms with Crippen molar-refractivity contribution in [3.8, 4) is 0 Å². The minimum absolute atomic E-state index is 0.0181. The molecule has 1 heterocycles. The molecular formula is C14H20N2O4. The van der Waals surface area contributed by atoms with Crippen molar-refractivity contribution in [3.63, 3.8) is 0 Å². The van der Waals surface area contributed by atoms with Crippen LogP contribution in [0.4, 0.5) is 0 Å². The van der Waals surface area contributed by atoms with Crippen LogP contribution in [0.5, 0.6) is 0 Å². The maximum Gasteiger partial charge on any atom is 0.309 e. The lowest BCUT2D eigenvalue weighted by Gasteiger charge is -2.66. The van der Waals surface area contributed by atoms with E-state index in [2.05, 4.69) is 10.6 Å². The Morgan fingerprint density at radius 3 is 2.35 bits per heavy atom. The molecule has 6 nitrogen and oxygen atoms in total. The number of nitrogens with one attached hydrogen (secondary N) is 2. The van der Waals surface area contributed by atoms with Crippen LogP contribution in [0.15, 0.2) is 0 Å². The molecule has 6 heteroatoms. The van der Waals surface area contributed by atoms with Gasteiger partial charge in [-0.1, -0.05) is 13.8 Å². The molecule has 0 spiro atoms. The van der Waals surface area contributed by atoms with Crippen LogP contribution in [0.2, 0.25) is 0 Å². The van der Waals surface area contributed by atoms with E-state index in [1.54, 1.807) is 0 Å². The van der Waals surface area contributed by atoms with E-state index < -0.39 is 16.8 Å². The average molecular weight is 280 g/mol. The second kappa shape index (κ2) is 3.74. The Kier molecular flexibility index (Phi) is 2.50. The summed E-state index contributed by atoms with van der Waals surface area (Å²) in [6.07, 6.45) is 1.85. The van der Waals surface area contributed by atoms with Crippen LogP contribution >= 0.6 is 0 Å². The molecule has 0 radical (unpaired) electrons. The fourth-order valence-corrected chi connectivity index (χ4v) is 3.94. The van der Waals surface area contributed by atoms with Crippen molar-refractivity contribution in [1.29, 1.82) is 0 Å². The van der Waals surface area contributed by atoms with Gasteiger partial charge >= 0.3 is 5.97 Å². The molecule has 1 saturated heterocycles. The molecule has 0 aromatic heterocycles. The van der Waals surface area contributed by atoms with E-state index in [9.17, 15) is 14.4 Å². The molecule has 4 rings (SSSR count). The van der Waals surface area contributed by atoms with Gasteiger partial charge in [0.1, 0.15) is 0 Å². The van der Waals surface area contributed by atoms with Crippen molar-refractivity contribution >= 4 is 17.8 Å². The molecule has 1 atom stereocenters. The summed E-state index contributed by atoms with van der Waals surface area (Å²) < 4.78 is 0. The molecule has 4 aliphatic rings. The van der Waals surface area contributed by atoms with Gasteiger partial charge in [0.15, 0.2) is 0 Å². The summed E-state index contributed by atoms with van der Waals surface area (Å²) in [5.41, 5.74) is -1.24. The quantitative estimate of drug-likeness (QED) is 0.689. The zero-order valence-corrected chi connectivity index (χ0v) is 11.8. The van der Waals surface area contributed by atoms with Crippen molar-refractivity contribution in [2.24, 2.45) is 16.2 Å². The lowest BCUT2D eigenvalue weighted by atomic mass is 9.35. The molecule has 4 fully saturated rings. The zero-order chi connectivity index (χ0) is 14.8. The molecule has 1 unspecified atom stereocenters. The van der Waals surface area contributed by atoms with Gasteiger partial charge in [0.25, 0.3) is 0 Å². The number of rotatable bonds is 4. The highest BCUT2D eigenvalue weighted by atomic mass is 16.4. The number of hydrogen-bond donors (Lipinski definition) is 3. The number of aliphatic carboxylic acids is 1. The Bertz CT molecular complexity index is 492. The van der Waals surface area contributed by atoms with Crippen LogP contribution in [-0.2, 0) is 14.4 Å². The summed E-state index contributed by atoms with van der Waals surface area (Å²) in [6.45, 7) is 4.42. The van der Waals surface area contributed by atoms with Gasteiger partial charge in [-0.3, -0.25) is 14.4 Å². The predicted octanol–water partition coefficient (Wildman–Crippen LogP) is 0.272. The Morgan fingerprint density at radius 1 is 1.30 bits per heavy atom. The van der Waals surface area contributed by atoms with Gasteiger partial charge in [-0.15, -0.1) is 0 Å². The fourth-order valence-electron chi connectivity index (χ4n) is 3.94. The smallest absolute Gasteiger partial charge is 0.309 e. The first kappa shape index (κ1) is 13.4. The lowest BCUT2D eigenvalue weighted by Crippen LogP contribution is -2.71. The number of carboxylic acid groups (broad SMARTS) is 1. The van der Waals surface area contributed by atoms with Crippen molar-refractivity contribution in [1.82, 2.24) is 10.6 Å². The zero-order valence-electron chi connectivity index (χ0n) is 11.8. The molecule has 2 bridgehead atoms. The van der Waals surface area contributed by atoms with Crippen molar-refractivity contribution in [3.05, 3.63) is 0 Å². The Hall–Kier alpha value is -1.59. The average Bonchev–Trinajstić information content (AvgIpc) is 2.43. The van der Waals surface area contributed by atoms with Crippen molar-refractivity contribution in [2.45, 2.75) is 45.6 Å². The van der Waals surface area contributed by atoms with E-state index in [1.165, 1.54) is 0 Å². The monoisotopic (exact) mass is 280 g/mol. The first-order valence-corrected chi connectivity index (χ1v) is 7.00. The lowest BCUT2D eigenvalue weighted by molar-refractivity contribution is -0.220. The molecule has 3 saturated carbocycles. The number of amides is 2. The number of carboxylic acids is 1. The van der Waals surface area contributed by atoms with Crippen LogP contribution in [0.3, 0.4) is 0 Å². The Balaban J connectivity index is 1.53. The molecule has 2 amide bonds. The Morgan fingerprint density at radius 2 is 1.90 bits per heavy atom. The van der Waals surface area contributed by atoms with Crippen LogP contribution in [-0.4, -0.2) is 35.5 Å². The van der Waals surface area contributed by atoms with Crippen LogP contribution < -0.4 is 10.6 Å². The third-order valence-electron chi connectivity index (χ3n) is 5.33. The van der Waals surface area contributed by atoms with E-state index >= 15 is 0 Å². The highest BCUT2D eigenvalue weighted by molar-refractivity contribution is 5.93. The molecule has 110 valence electrons. The molecule has 3 aliphatic carbocycles. The van der Waals surface area contributed by atoms with Gasteiger partial charge in [0, 0.05) is 13.0 Å². The summed E-state index contributed by atoms with van der Waals surface area (Å²) in [4.78, 5) is 34.6. The summed E-state index contributed by atoms with van der Waals surface area (Å²) in [5, 5.41) is 14.8. The number of carbonyl (C=O) groups excluding carboxylic acids is 2. The van der Waals surface area contributed by atoms with Gasteiger partial charge in [-0.2, -0.15) is 0 Å². The summed E-state index contributed by atoms with van der Waals surface area (Å²) in [5.74, 6) is -0.821. The SMILES string of the molecule is CC1(C)CC(=O)NC1CNC(=O)C12CC(C(=O)O)(C1)C2. The molecule has 0 aromatic rings. The number of carbonyl (C=O) groups is 3. The third kappa shape index (κ3) is 1.66. The van der Waals surface area contributed by atoms with Crippen LogP contribution in [0.1, 0.15) is 39.5 Å². The predicted molar refractivity (Wildman–Crippen MR) is 69.7 cm³/mol. The number of hydrogen-bond acceptors (Lipinski definition) is 3. The third-order valence-corrected chi connectivity index (χ3v) is 5.33. The minimum Gasteiger partial charge on any atom is -0.481 e. The maximum absolute atomic E-state index is 12.2. The van der Waals surface area contributed by atoms with E-state index in [0.717, 1.165) is 0 Å². The molecule has 3 N–H and O–H groups in total. The largest absolute Gasteiger partial charge is 0.481 e. The molecular weight excluding hydrogens is 260 g/mol. The summed E-state index contributed by atoms with van der Waals surface area (Å²) >= 11 is 0. The first-order chi connectivity index (χ1) is 9.19. The van der Waals surface area contributed by atoms with E-state index in [1.807, 2.05) is 13.8 Å². The summed E-state index contributed by atoms with van der Waals surface area (Å²) in [6, 6.07) is -0.0558. The molecule has 1 aliphatic heterocycles. The van der Waals surface area contributed by atoms with Gasteiger partial charge in [-0.05, 0) is 24.7 Å². The summed E-state index contributed by atoms with van der Waals surface area (Å²) in [7, 11) is 0. The van der Waals surface area contributed by atoms with Crippen molar-refractivity contribution in [2.75, 3.05) is 6.54 Å². The molecule has 0 aromatic carbocycles. The normalized spacial score (nSPS) is 40.3. The van der Waals surface area contributed by atoms with Gasteiger partial charge in [0.05, 0.1) is 16.9 Å². The van der Waals surface area contributed by atoms with E-state index in [0.29, 0.717) is 32.2 Å². The van der Waals surface area contributed by atoms with Gasteiger partial charge < -0.3 is 15.7 Å². The van der Waals surface area contributed by atoms with Crippen LogP contribution in [0, 0.1) is 16.2 Å². The van der Waals surface area contributed by atoms with Crippen LogP contribution in [0.25, 0.3) is 0 Å². The molecule has 20 heavy (non-hydrogen) atoms. The second-order valence-electron chi connectivity index (χ2n) is 7.39. The van der Waals surface area contributed by atoms with Gasteiger partial charge in [-0.25, -0.2) is 0 Å². The highest BCUT2D eigenvalue weighted by Gasteiger charge is 2.75. The van der Waals surface area contributed by atoms with E-state index in [-0.39, 0.29) is 23.3 Å². The topological polar surface area (TPSA) is 95.5 Å².